The number of nitrogens with zero attached hydrogens (tertiary/aromatic N) is 4. The van der Waals surface area contributed by atoms with Crippen molar-refractivity contribution in [2.45, 2.75) is 32.0 Å². The van der Waals surface area contributed by atoms with Crippen LogP contribution >= 0.6 is 23.6 Å². The Morgan fingerprint density at radius 2 is 2.04 bits per heavy atom. The molecular weight excluding hydrogens is 378 g/mol. The van der Waals surface area contributed by atoms with E-state index in [0.29, 0.717) is 10.8 Å². The number of hydrogen-bond donors (Lipinski definition) is 1. The van der Waals surface area contributed by atoms with E-state index in [2.05, 4.69) is 21.9 Å². The topological polar surface area (TPSA) is 49.3 Å². The van der Waals surface area contributed by atoms with E-state index in [9.17, 15) is 0 Å². The second kappa shape index (κ2) is 6.85. The zero-order valence-corrected chi connectivity index (χ0v) is 16.8. The van der Waals surface area contributed by atoms with Gasteiger partial charge < -0.3 is 9.64 Å². The van der Waals surface area contributed by atoms with Crippen LogP contribution in [0.2, 0.25) is 0 Å². The standard InChI is InChI=1S/C19H21N5OS2/c1-25-15-6-4-14(5-7-15)24-19(26)23(20-21-24)12-22-10-8-17-16(9-11-27-17)18(22)13-2-3-13/h4-7,9,11,13,18H,2-3,8,10,12H2,1H3/p+1/t18-/m1/s1. The average Bonchev–Trinajstić information content (AvgIpc) is 3.31. The normalized spacial score (nSPS) is 21.8. The molecule has 6 nitrogen and oxygen atoms in total. The fourth-order valence-electron chi connectivity index (χ4n) is 4.13. The van der Waals surface area contributed by atoms with Gasteiger partial charge in [-0.3, -0.25) is 0 Å². The van der Waals surface area contributed by atoms with E-state index in [-0.39, 0.29) is 0 Å². The smallest absolute Gasteiger partial charge is 0.225 e. The third-order valence-corrected chi connectivity index (χ3v) is 7.01. The largest absolute Gasteiger partial charge is 0.497 e. The van der Waals surface area contributed by atoms with E-state index >= 15 is 0 Å². The maximum atomic E-state index is 5.68. The Morgan fingerprint density at radius 3 is 2.78 bits per heavy atom. The predicted molar refractivity (Wildman–Crippen MR) is 106 cm³/mol. The van der Waals surface area contributed by atoms with Crippen LogP contribution < -0.4 is 9.64 Å². The number of ether oxygens (including phenoxy) is 1. The number of thiophene rings is 1. The molecule has 1 fully saturated rings. The third kappa shape index (κ3) is 3.11. The number of nitrogens with one attached hydrogen (secondary N) is 1. The van der Waals surface area contributed by atoms with Crippen LogP contribution in [0.5, 0.6) is 5.75 Å². The monoisotopic (exact) mass is 400 g/mol. The van der Waals surface area contributed by atoms with E-state index in [1.165, 1.54) is 12.8 Å². The van der Waals surface area contributed by atoms with Crippen LogP contribution in [0.3, 0.4) is 0 Å². The maximum absolute atomic E-state index is 5.68. The highest BCUT2D eigenvalue weighted by Crippen LogP contribution is 2.42. The van der Waals surface area contributed by atoms with Crippen molar-refractivity contribution in [3.8, 4) is 11.4 Å². The second-order valence-corrected chi connectivity index (χ2v) is 8.67. The zero-order valence-electron chi connectivity index (χ0n) is 15.2. The first-order valence-corrected chi connectivity index (χ1v) is 10.6. The van der Waals surface area contributed by atoms with E-state index in [1.54, 1.807) is 27.1 Å². The van der Waals surface area contributed by atoms with Gasteiger partial charge in [0.1, 0.15) is 11.8 Å². The van der Waals surface area contributed by atoms with Gasteiger partial charge in [0, 0.05) is 22.8 Å². The molecule has 2 aliphatic rings. The van der Waals surface area contributed by atoms with Crippen LogP contribution in [0.25, 0.3) is 5.69 Å². The Bertz CT molecular complexity index is 1000. The molecule has 1 aliphatic carbocycles. The number of tetrazole rings is 1. The Balaban J connectivity index is 1.41. The van der Waals surface area contributed by atoms with Crippen molar-refractivity contribution in [3.63, 3.8) is 0 Å². The van der Waals surface area contributed by atoms with E-state index < -0.39 is 0 Å². The number of methoxy groups -OCH3 is 1. The van der Waals surface area contributed by atoms with Crippen molar-refractivity contribution in [2.24, 2.45) is 5.92 Å². The van der Waals surface area contributed by atoms with Gasteiger partial charge in [-0.15, -0.1) is 11.3 Å². The first kappa shape index (κ1) is 17.1. The minimum atomic E-state index is 0.577. The lowest BCUT2D eigenvalue weighted by Crippen LogP contribution is -3.13. The van der Waals surface area contributed by atoms with Crippen LogP contribution in [0.15, 0.2) is 35.7 Å². The Morgan fingerprint density at radius 1 is 1.22 bits per heavy atom. The van der Waals surface area contributed by atoms with Gasteiger partial charge in [-0.05, 0) is 71.2 Å². The number of hydrogen-bond acceptors (Lipinski definition) is 5. The predicted octanol–water partition coefficient (Wildman–Crippen LogP) is 2.42. The summed E-state index contributed by atoms with van der Waals surface area (Å²) in [6, 6.07) is 10.6. The van der Waals surface area contributed by atoms with Crippen molar-refractivity contribution in [1.82, 2.24) is 19.8 Å². The molecule has 1 saturated carbocycles. The molecule has 1 N–H and O–H groups in total. The highest BCUT2D eigenvalue weighted by atomic mass is 32.1. The van der Waals surface area contributed by atoms with Crippen LogP contribution in [-0.4, -0.2) is 33.4 Å². The molecule has 3 aromatic rings. The lowest BCUT2D eigenvalue weighted by Gasteiger charge is -2.32. The summed E-state index contributed by atoms with van der Waals surface area (Å²) in [5.74, 6) is 1.62. The van der Waals surface area contributed by atoms with Crippen LogP contribution in [0.1, 0.15) is 29.3 Å². The number of aromatic nitrogens is 4. The molecule has 140 valence electrons. The van der Waals surface area contributed by atoms with Crippen molar-refractivity contribution in [1.29, 1.82) is 0 Å². The van der Waals surface area contributed by atoms with Crippen molar-refractivity contribution < 1.29 is 9.64 Å². The van der Waals surface area contributed by atoms with Gasteiger partial charge in [-0.25, -0.2) is 0 Å². The van der Waals surface area contributed by atoms with E-state index in [0.717, 1.165) is 37.0 Å². The molecule has 27 heavy (non-hydrogen) atoms. The first-order valence-electron chi connectivity index (χ1n) is 9.32. The number of rotatable bonds is 5. The minimum Gasteiger partial charge on any atom is -0.497 e. The molecule has 0 spiro atoms. The first-order chi connectivity index (χ1) is 13.2. The van der Waals surface area contributed by atoms with E-state index in [4.69, 9.17) is 17.0 Å². The molecule has 1 aliphatic heterocycles. The number of fused-ring (bicyclic) bond motifs is 1. The molecule has 0 amide bonds. The summed E-state index contributed by atoms with van der Waals surface area (Å²) in [5.41, 5.74) is 2.46. The average molecular weight is 401 g/mol. The van der Waals surface area contributed by atoms with Gasteiger partial charge >= 0.3 is 0 Å². The molecule has 3 heterocycles. The van der Waals surface area contributed by atoms with Crippen molar-refractivity contribution in [3.05, 3.63) is 50.9 Å². The molecular formula is C19H22N5OS2+. The summed E-state index contributed by atoms with van der Waals surface area (Å²) in [6.07, 6.45) is 3.83. The quantitative estimate of drug-likeness (QED) is 0.669. The molecule has 1 aromatic carbocycles. The van der Waals surface area contributed by atoms with Gasteiger partial charge in [0.2, 0.25) is 4.77 Å². The molecule has 0 radical (unpaired) electrons. The van der Waals surface area contributed by atoms with Gasteiger partial charge in [0.25, 0.3) is 0 Å². The Kier molecular flexibility index (Phi) is 4.34. The van der Waals surface area contributed by atoms with Gasteiger partial charge in [-0.1, -0.05) is 0 Å². The summed E-state index contributed by atoms with van der Waals surface area (Å²) in [5, 5.41) is 10.9. The lowest BCUT2D eigenvalue weighted by molar-refractivity contribution is -0.958. The maximum Gasteiger partial charge on any atom is 0.225 e. The molecule has 0 saturated heterocycles. The molecule has 8 heteroatoms. The molecule has 0 bridgehead atoms. The fourth-order valence-corrected chi connectivity index (χ4v) is 5.30. The highest BCUT2D eigenvalue weighted by Gasteiger charge is 2.43. The molecule has 2 atom stereocenters. The Hall–Kier alpha value is -2.03. The van der Waals surface area contributed by atoms with Crippen LogP contribution in [0.4, 0.5) is 0 Å². The van der Waals surface area contributed by atoms with E-state index in [1.807, 2.05) is 40.3 Å². The number of quaternary nitrogens is 1. The SMILES string of the molecule is COc1ccc(-n2nnn(C[NH+]3CCc4sccc4[C@H]3C3CC3)c2=S)cc1. The van der Waals surface area contributed by atoms with Gasteiger partial charge in [0.05, 0.1) is 19.3 Å². The summed E-state index contributed by atoms with van der Waals surface area (Å²) < 4.78 is 9.46. The molecule has 2 aromatic heterocycles. The summed E-state index contributed by atoms with van der Waals surface area (Å²) in [6.45, 7) is 1.90. The Labute approximate surface area is 167 Å². The fraction of sp³-hybridized carbons (Fsp3) is 0.421. The summed E-state index contributed by atoms with van der Waals surface area (Å²) >= 11 is 7.58. The zero-order chi connectivity index (χ0) is 18.4. The molecule has 5 rings (SSSR count). The van der Waals surface area contributed by atoms with Crippen LogP contribution in [-0.2, 0) is 13.1 Å². The lowest BCUT2D eigenvalue weighted by atomic mass is 9.96. The van der Waals surface area contributed by atoms with Crippen molar-refractivity contribution >= 4 is 23.6 Å². The van der Waals surface area contributed by atoms with Gasteiger partial charge in [0.15, 0.2) is 6.67 Å². The molecule has 1 unspecified atom stereocenters. The highest BCUT2D eigenvalue weighted by molar-refractivity contribution is 7.71. The van der Waals surface area contributed by atoms with Crippen LogP contribution in [0, 0.1) is 10.7 Å². The minimum absolute atomic E-state index is 0.577. The second-order valence-electron chi connectivity index (χ2n) is 7.30. The number of benzene rings is 1. The summed E-state index contributed by atoms with van der Waals surface area (Å²) in [4.78, 5) is 3.13. The van der Waals surface area contributed by atoms with Crippen molar-refractivity contribution in [2.75, 3.05) is 13.7 Å². The summed E-state index contributed by atoms with van der Waals surface area (Å²) in [7, 11) is 1.66. The van der Waals surface area contributed by atoms with Gasteiger partial charge in [-0.2, -0.15) is 9.36 Å². The third-order valence-electron chi connectivity index (χ3n) is 5.63.